The van der Waals surface area contributed by atoms with Gasteiger partial charge in [0, 0.05) is 19.3 Å². The van der Waals surface area contributed by atoms with Crippen molar-refractivity contribution in [2.24, 2.45) is 0 Å². The van der Waals surface area contributed by atoms with Crippen molar-refractivity contribution in [1.29, 1.82) is 0 Å². The number of rotatable bonds is 7. The fourth-order valence-electron chi connectivity index (χ4n) is 2.27. The first-order chi connectivity index (χ1) is 11.4. The number of hydrogen-bond donors (Lipinski definition) is 1. The summed E-state index contributed by atoms with van der Waals surface area (Å²) < 4.78 is 0.282. The number of thiocarbonyl (C=S) groups is 1. The summed E-state index contributed by atoms with van der Waals surface area (Å²) in [5.74, 6) is -1.43. The lowest BCUT2D eigenvalue weighted by molar-refractivity contribution is -0.140. The van der Waals surface area contributed by atoms with E-state index in [4.69, 9.17) is 17.3 Å². The molecule has 1 heterocycles. The van der Waals surface area contributed by atoms with Crippen LogP contribution in [-0.4, -0.2) is 46.3 Å². The normalized spacial score (nSPS) is 16.1. The van der Waals surface area contributed by atoms with Crippen LogP contribution < -0.4 is 4.90 Å². The zero-order valence-corrected chi connectivity index (χ0v) is 15.3. The molecule has 1 amide bonds. The third-order valence-electron chi connectivity index (χ3n) is 3.65. The minimum absolute atomic E-state index is 0.282. The molecule has 2 rings (SSSR count). The Balaban J connectivity index is 2.10. The lowest BCUT2D eigenvalue weighted by Gasteiger charge is -2.18. The summed E-state index contributed by atoms with van der Waals surface area (Å²) in [6.45, 7) is 2.77. The molecule has 0 spiro atoms. The Hall–Kier alpha value is -1.86. The van der Waals surface area contributed by atoms with Gasteiger partial charge in [0.1, 0.15) is 10.9 Å². The molecule has 1 saturated heterocycles. The number of carboxylic acid groups (broad SMARTS) is 1. The summed E-state index contributed by atoms with van der Waals surface area (Å²) in [5.41, 5.74) is 2.01. The van der Waals surface area contributed by atoms with Gasteiger partial charge in [-0.3, -0.25) is 14.5 Å². The van der Waals surface area contributed by atoms with Crippen molar-refractivity contribution in [2.75, 3.05) is 25.0 Å². The fraction of sp³-hybridized carbons (Fsp3) is 0.353. The van der Waals surface area contributed by atoms with Gasteiger partial charge in [-0.05, 0) is 30.2 Å². The lowest BCUT2D eigenvalue weighted by Crippen LogP contribution is -2.33. The Morgan fingerprint density at radius 3 is 2.62 bits per heavy atom. The van der Waals surface area contributed by atoms with Crippen LogP contribution in [0.25, 0.3) is 6.08 Å². The number of thioether (sulfide) groups is 1. The number of carbonyl (C=O) groups excluding carboxylic acids is 1. The van der Waals surface area contributed by atoms with Gasteiger partial charge in [-0.1, -0.05) is 49.5 Å². The van der Waals surface area contributed by atoms with Gasteiger partial charge in [0.2, 0.25) is 0 Å². The second-order valence-corrected chi connectivity index (χ2v) is 7.20. The summed E-state index contributed by atoms with van der Waals surface area (Å²) >= 11 is 6.22. The lowest BCUT2D eigenvalue weighted by atomic mass is 10.1. The molecule has 0 aromatic heterocycles. The average Bonchev–Trinajstić information content (AvgIpc) is 2.80. The van der Waals surface area contributed by atoms with Gasteiger partial charge >= 0.3 is 5.97 Å². The van der Waals surface area contributed by atoms with Crippen molar-refractivity contribution >= 4 is 51.9 Å². The third-order valence-corrected chi connectivity index (χ3v) is 5.02. The van der Waals surface area contributed by atoms with E-state index in [1.165, 1.54) is 0 Å². The number of anilines is 1. The molecule has 1 fully saturated rings. The Labute approximate surface area is 151 Å². The van der Waals surface area contributed by atoms with Crippen LogP contribution in [0.3, 0.4) is 0 Å². The Morgan fingerprint density at radius 2 is 2.04 bits per heavy atom. The molecule has 7 heteroatoms. The van der Waals surface area contributed by atoms with Crippen molar-refractivity contribution in [3.63, 3.8) is 0 Å². The first kappa shape index (κ1) is 18.5. The molecule has 0 saturated carbocycles. The molecule has 1 aliphatic heterocycles. The van der Waals surface area contributed by atoms with Crippen LogP contribution in [0.2, 0.25) is 0 Å². The maximum Gasteiger partial charge on any atom is 0.323 e. The van der Waals surface area contributed by atoms with Crippen LogP contribution in [0, 0.1) is 0 Å². The number of carboxylic acids is 1. The topological polar surface area (TPSA) is 60.9 Å². The van der Waals surface area contributed by atoms with Crippen LogP contribution in [-0.2, 0) is 9.59 Å². The number of hydrogen-bond acceptors (Lipinski definition) is 5. The van der Waals surface area contributed by atoms with E-state index < -0.39 is 12.5 Å². The molecular weight excluding hydrogens is 344 g/mol. The van der Waals surface area contributed by atoms with E-state index in [0.717, 1.165) is 47.3 Å². The summed E-state index contributed by atoms with van der Waals surface area (Å²) in [6, 6.07) is 7.92. The van der Waals surface area contributed by atoms with Crippen molar-refractivity contribution < 1.29 is 14.7 Å². The Morgan fingerprint density at radius 1 is 1.38 bits per heavy atom. The second kappa shape index (κ2) is 8.30. The van der Waals surface area contributed by atoms with Crippen LogP contribution in [0.1, 0.15) is 25.3 Å². The fourth-order valence-corrected chi connectivity index (χ4v) is 3.53. The first-order valence-corrected chi connectivity index (χ1v) is 8.93. The van der Waals surface area contributed by atoms with E-state index in [-0.39, 0.29) is 10.2 Å². The van der Waals surface area contributed by atoms with E-state index in [0.29, 0.717) is 4.91 Å². The van der Waals surface area contributed by atoms with Crippen LogP contribution in [0.4, 0.5) is 5.69 Å². The summed E-state index contributed by atoms with van der Waals surface area (Å²) in [5, 5.41) is 8.84. The third kappa shape index (κ3) is 4.58. The van der Waals surface area contributed by atoms with Crippen molar-refractivity contribution in [3.05, 3.63) is 34.7 Å². The van der Waals surface area contributed by atoms with Crippen molar-refractivity contribution in [1.82, 2.24) is 4.90 Å². The minimum Gasteiger partial charge on any atom is -0.480 e. The quantitative estimate of drug-likeness (QED) is 0.592. The number of benzene rings is 1. The number of aliphatic carboxylic acids is 1. The predicted octanol–water partition coefficient (Wildman–Crippen LogP) is 3.21. The van der Waals surface area contributed by atoms with Crippen molar-refractivity contribution in [2.45, 2.75) is 19.8 Å². The highest BCUT2D eigenvalue weighted by Gasteiger charge is 2.33. The van der Waals surface area contributed by atoms with Gasteiger partial charge in [0.05, 0.1) is 4.91 Å². The van der Waals surface area contributed by atoms with Crippen LogP contribution >= 0.6 is 24.0 Å². The largest absolute Gasteiger partial charge is 0.480 e. The molecule has 128 valence electrons. The van der Waals surface area contributed by atoms with E-state index in [2.05, 4.69) is 18.9 Å². The molecule has 1 aromatic rings. The Bertz CT molecular complexity index is 671. The van der Waals surface area contributed by atoms with Crippen LogP contribution in [0.5, 0.6) is 0 Å². The second-order valence-electron chi connectivity index (χ2n) is 5.53. The molecule has 1 aliphatic rings. The monoisotopic (exact) mass is 364 g/mol. The molecular formula is C17H20N2O3S2. The average molecular weight is 364 g/mol. The molecule has 24 heavy (non-hydrogen) atoms. The highest BCUT2D eigenvalue weighted by Crippen LogP contribution is 2.32. The smallest absolute Gasteiger partial charge is 0.323 e. The maximum absolute atomic E-state index is 12.2. The van der Waals surface area contributed by atoms with Crippen LogP contribution in [0.15, 0.2) is 29.2 Å². The highest BCUT2D eigenvalue weighted by molar-refractivity contribution is 8.26. The molecule has 0 radical (unpaired) electrons. The van der Waals surface area contributed by atoms with E-state index in [1.54, 1.807) is 6.08 Å². The van der Waals surface area contributed by atoms with Gasteiger partial charge in [0.15, 0.2) is 0 Å². The van der Waals surface area contributed by atoms with Gasteiger partial charge in [-0.25, -0.2) is 0 Å². The number of carbonyl (C=O) groups is 2. The summed E-state index contributed by atoms with van der Waals surface area (Å²) in [7, 11) is 2.06. The van der Waals surface area contributed by atoms with E-state index in [1.807, 2.05) is 24.3 Å². The summed E-state index contributed by atoms with van der Waals surface area (Å²) in [6.07, 6.45) is 4.04. The van der Waals surface area contributed by atoms with Gasteiger partial charge in [0.25, 0.3) is 5.91 Å². The number of unbranched alkanes of at least 4 members (excludes halogenated alkanes) is 1. The molecule has 0 unspecified atom stereocenters. The molecule has 0 atom stereocenters. The summed E-state index contributed by atoms with van der Waals surface area (Å²) in [4.78, 5) is 26.8. The highest BCUT2D eigenvalue weighted by atomic mass is 32.2. The standard InChI is InChI=1S/C17H20N2O3S2/c1-3-4-9-18(2)13-7-5-12(6-8-13)10-14-16(22)19(11-15(20)21)17(23)24-14/h5-8,10H,3-4,9,11H2,1-2H3,(H,20,21)/b14-10-. The maximum atomic E-state index is 12.2. The van der Waals surface area contributed by atoms with Gasteiger partial charge in [-0.15, -0.1) is 0 Å². The number of nitrogens with zero attached hydrogens (tertiary/aromatic N) is 2. The molecule has 0 bridgehead atoms. The predicted molar refractivity (Wildman–Crippen MR) is 102 cm³/mol. The van der Waals surface area contributed by atoms with E-state index >= 15 is 0 Å². The zero-order valence-electron chi connectivity index (χ0n) is 13.7. The van der Waals surface area contributed by atoms with Crippen molar-refractivity contribution in [3.8, 4) is 0 Å². The SMILES string of the molecule is CCCCN(C)c1ccc(/C=C2\SC(=S)N(CC(=O)O)C2=O)cc1. The zero-order chi connectivity index (χ0) is 17.7. The van der Waals surface area contributed by atoms with Gasteiger partial charge < -0.3 is 10.0 Å². The minimum atomic E-state index is -1.08. The van der Waals surface area contributed by atoms with Gasteiger partial charge in [-0.2, -0.15) is 0 Å². The molecule has 1 aromatic carbocycles. The molecule has 5 nitrogen and oxygen atoms in total. The number of amides is 1. The Kier molecular flexibility index (Phi) is 6.39. The molecule has 1 N–H and O–H groups in total. The molecule has 0 aliphatic carbocycles. The first-order valence-electron chi connectivity index (χ1n) is 7.70. The van der Waals surface area contributed by atoms with E-state index in [9.17, 15) is 9.59 Å².